The molecule has 2 heterocycles. The molecule has 2 unspecified atom stereocenters. The van der Waals surface area contributed by atoms with Gasteiger partial charge in [0.25, 0.3) is 0 Å². The summed E-state index contributed by atoms with van der Waals surface area (Å²) in [5, 5.41) is 3.35. The van der Waals surface area contributed by atoms with Crippen molar-refractivity contribution in [1.82, 2.24) is 9.88 Å². The van der Waals surface area contributed by atoms with Gasteiger partial charge in [0.15, 0.2) is 0 Å². The van der Waals surface area contributed by atoms with Gasteiger partial charge in [-0.3, -0.25) is 4.90 Å². The summed E-state index contributed by atoms with van der Waals surface area (Å²) < 4.78 is 0. The van der Waals surface area contributed by atoms with Crippen LogP contribution in [0.3, 0.4) is 0 Å². The first-order chi connectivity index (χ1) is 8.72. The third kappa shape index (κ3) is 3.02. The Morgan fingerprint density at radius 2 is 2.28 bits per heavy atom. The maximum atomic E-state index is 4.44. The smallest absolute Gasteiger partial charge is 0.130 e. The average molecular weight is 247 g/mol. The number of pyridine rings is 1. The van der Waals surface area contributed by atoms with E-state index in [2.05, 4.69) is 42.0 Å². The quantitative estimate of drug-likeness (QED) is 0.886. The van der Waals surface area contributed by atoms with Crippen LogP contribution in [0.1, 0.15) is 39.2 Å². The zero-order valence-corrected chi connectivity index (χ0v) is 11.8. The number of piperidine rings is 1. The van der Waals surface area contributed by atoms with Crippen LogP contribution in [0.5, 0.6) is 0 Å². The van der Waals surface area contributed by atoms with Crippen LogP contribution in [0.2, 0.25) is 0 Å². The maximum absolute atomic E-state index is 4.44. The van der Waals surface area contributed by atoms with Crippen molar-refractivity contribution in [3.63, 3.8) is 0 Å². The van der Waals surface area contributed by atoms with E-state index in [1.165, 1.54) is 24.9 Å². The summed E-state index contributed by atoms with van der Waals surface area (Å²) in [5.74, 6) is 1.85. The lowest BCUT2D eigenvalue weighted by atomic mass is 9.92. The first-order valence-electron chi connectivity index (χ1n) is 7.14. The van der Waals surface area contributed by atoms with E-state index in [1.807, 2.05) is 12.3 Å². The molecule has 18 heavy (non-hydrogen) atoms. The van der Waals surface area contributed by atoms with E-state index in [-0.39, 0.29) is 0 Å². The van der Waals surface area contributed by atoms with Gasteiger partial charge in [0.05, 0.1) is 0 Å². The molecule has 0 aliphatic carbocycles. The van der Waals surface area contributed by atoms with Gasteiger partial charge in [0.2, 0.25) is 0 Å². The van der Waals surface area contributed by atoms with Gasteiger partial charge in [-0.1, -0.05) is 13.0 Å². The first-order valence-corrected chi connectivity index (χ1v) is 7.14. The number of nitrogens with one attached hydrogen (secondary N) is 1. The largest absolute Gasteiger partial charge is 0.370 e. The van der Waals surface area contributed by atoms with Crippen LogP contribution in [0.25, 0.3) is 0 Å². The van der Waals surface area contributed by atoms with Crippen molar-refractivity contribution in [3.8, 4) is 0 Å². The van der Waals surface area contributed by atoms with Gasteiger partial charge in [0, 0.05) is 30.9 Å². The second-order valence-corrected chi connectivity index (χ2v) is 5.37. The number of hydrogen-bond acceptors (Lipinski definition) is 3. The molecule has 3 heteroatoms. The van der Waals surface area contributed by atoms with Gasteiger partial charge in [0.1, 0.15) is 5.82 Å². The van der Waals surface area contributed by atoms with Crippen molar-refractivity contribution in [1.29, 1.82) is 0 Å². The van der Waals surface area contributed by atoms with Gasteiger partial charge in [-0.05, 0) is 45.2 Å². The molecule has 2 rings (SSSR count). The molecular formula is C15H25N3. The molecule has 1 aromatic rings. The van der Waals surface area contributed by atoms with Gasteiger partial charge < -0.3 is 5.32 Å². The molecule has 0 amide bonds. The Labute approximate surface area is 111 Å². The number of rotatable bonds is 4. The second kappa shape index (κ2) is 6.19. The van der Waals surface area contributed by atoms with Crippen molar-refractivity contribution in [3.05, 3.63) is 23.9 Å². The molecule has 2 atom stereocenters. The molecule has 1 aliphatic heterocycles. The van der Waals surface area contributed by atoms with E-state index in [0.29, 0.717) is 6.04 Å². The molecule has 1 fully saturated rings. The lowest BCUT2D eigenvalue weighted by Gasteiger charge is -2.38. The van der Waals surface area contributed by atoms with Gasteiger partial charge in [-0.25, -0.2) is 4.98 Å². The number of nitrogens with zero attached hydrogens (tertiary/aromatic N) is 2. The molecule has 1 aromatic heterocycles. The molecule has 3 nitrogen and oxygen atoms in total. The Bertz CT molecular complexity index is 378. The van der Waals surface area contributed by atoms with Gasteiger partial charge in [-0.2, -0.15) is 0 Å². The van der Waals surface area contributed by atoms with Crippen LogP contribution in [-0.2, 0) is 6.54 Å². The summed E-state index contributed by atoms with van der Waals surface area (Å²) in [7, 11) is 0. The maximum Gasteiger partial charge on any atom is 0.130 e. The van der Waals surface area contributed by atoms with Crippen LogP contribution in [0.15, 0.2) is 18.3 Å². The molecular weight excluding hydrogens is 222 g/mol. The highest BCUT2D eigenvalue weighted by atomic mass is 15.2. The lowest BCUT2D eigenvalue weighted by molar-refractivity contribution is 0.106. The Hall–Kier alpha value is -1.09. The summed E-state index contributed by atoms with van der Waals surface area (Å²) in [5.41, 5.74) is 1.32. The molecule has 0 spiro atoms. The van der Waals surface area contributed by atoms with Gasteiger partial charge >= 0.3 is 0 Å². The topological polar surface area (TPSA) is 28.2 Å². The summed E-state index contributed by atoms with van der Waals surface area (Å²) in [6, 6.07) is 4.90. The molecule has 1 N–H and O–H groups in total. The average Bonchev–Trinajstić information content (AvgIpc) is 2.37. The molecule has 0 saturated carbocycles. The summed E-state index contributed by atoms with van der Waals surface area (Å²) in [6.45, 7) is 9.99. The summed E-state index contributed by atoms with van der Waals surface area (Å²) in [4.78, 5) is 7.03. The highest BCUT2D eigenvalue weighted by Gasteiger charge is 2.25. The van der Waals surface area contributed by atoms with Gasteiger partial charge in [-0.15, -0.1) is 0 Å². The normalized spacial score (nSPS) is 25.1. The Kier molecular flexibility index (Phi) is 4.59. The Morgan fingerprint density at radius 1 is 1.44 bits per heavy atom. The minimum absolute atomic E-state index is 0.674. The first kappa shape index (κ1) is 13.3. The fourth-order valence-electron chi connectivity index (χ4n) is 2.76. The van der Waals surface area contributed by atoms with E-state index < -0.39 is 0 Å². The lowest BCUT2D eigenvalue weighted by Crippen LogP contribution is -2.41. The number of likely N-dealkylation sites (tertiary alicyclic amines) is 1. The number of aromatic nitrogens is 1. The van der Waals surface area contributed by atoms with Crippen molar-refractivity contribution in [2.75, 3.05) is 18.4 Å². The SMILES string of the molecule is CCNc1ncccc1CN1CCCC(C)C1C. The molecule has 1 saturated heterocycles. The standard InChI is InChI=1S/C15H25N3/c1-4-16-15-14(8-5-9-17-15)11-18-10-6-7-12(2)13(18)3/h5,8-9,12-13H,4,6-7,10-11H2,1-3H3,(H,16,17). The third-order valence-electron chi connectivity index (χ3n) is 4.11. The minimum Gasteiger partial charge on any atom is -0.370 e. The molecule has 100 valence electrons. The van der Waals surface area contributed by atoms with Crippen LogP contribution in [0.4, 0.5) is 5.82 Å². The monoisotopic (exact) mass is 247 g/mol. The number of hydrogen-bond donors (Lipinski definition) is 1. The fraction of sp³-hybridized carbons (Fsp3) is 0.667. The predicted molar refractivity (Wildman–Crippen MR) is 76.7 cm³/mol. The van der Waals surface area contributed by atoms with Crippen LogP contribution < -0.4 is 5.32 Å². The van der Waals surface area contributed by atoms with Crippen molar-refractivity contribution >= 4 is 5.82 Å². The van der Waals surface area contributed by atoms with Crippen LogP contribution >= 0.6 is 0 Å². The zero-order valence-electron chi connectivity index (χ0n) is 11.8. The van der Waals surface area contributed by atoms with E-state index >= 15 is 0 Å². The minimum atomic E-state index is 0.674. The summed E-state index contributed by atoms with van der Waals surface area (Å²) >= 11 is 0. The second-order valence-electron chi connectivity index (χ2n) is 5.37. The Morgan fingerprint density at radius 3 is 3.06 bits per heavy atom. The van der Waals surface area contributed by atoms with Crippen molar-refractivity contribution in [2.45, 2.75) is 46.2 Å². The third-order valence-corrected chi connectivity index (χ3v) is 4.11. The van der Waals surface area contributed by atoms with E-state index in [0.717, 1.165) is 24.8 Å². The van der Waals surface area contributed by atoms with E-state index in [4.69, 9.17) is 0 Å². The van der Waals surface area contributed by atoms with Crippen LogP contribution in [0, 0.1) is 5.92 Å². The van der Waals surface area contributed by atoms with Crippen molar-refractivity contribution in [2.24, 2.45) is 5.92 Å². The number of anilines is 1. The summed E-state index contributed by atoms with van der Waals surface area (Å²) in [6.07, 6.45) is 4.55. The zero-order chi connectivity index (χ0) is 13.0. The molecule has 0 radical (unpaired) electrons. The fourth-order valence-corrected chi connectivity index (χ4v) is 2.76. The highest BCUT2D eigenvalue weighted by Crippen LogP contribution is 2.25. The highest BCUT2D eigenvalue weighted by molar-refractivity contribution is 5.43. The molecule has 0 bridgehead atoms. The molecule has 0 aromatic carbocycles. The van der Waals surface area contributed by atoms with E-state index in [1.54, 1.807) is 0 Å². The predicted octanol–water partition coefficient (Wildman–Crippen LogP) is 3.13. The van der Waals surface area contributed by atoms with E-state index in [9.17, 15) is 0 Å². The van der Waals surface area contributed by atoms with Crippen LogP contribution in [-0.4, -0.2) is 29.0 Å². The van der Waals surface area contributed by atoms with Crippen molar-refractivity contribution < 1.29 is 0 Å². The molecule has 1 aliphatic rings. The Balaban J connectivity index is 2.08.